The topological polar surface area (TPSA) is 0 Å². The second-order valence-corrected chi connectivity index (χ2v) is 20.7. The highest BCUT2D eigenvalue weighted by Crippen LogP contribution is 2.49. The maximum Gasteiger partial charge on any atom is 0.161 e. The molecule has 2 heteroatoms. The van der Waals surface area contributed by atoms with Crippen LogP contribution in [0.25, 0.3) is 34.4 Å². The van der Waals surface area contributed by atoms with Crippen LogP contribution in [0.1, 0.15) is 103 Å². The minimum Gasteiger partial charge on any atom is -0.167 e. The Kier molecular flexibility index (Phi) is 9.31. The molecule has 2 aliphatic carbocycles. The summed E-state index contributed by atoms with van der Waals surface area (Å²) in [7, 11) is -1.83. The molecule has 6 rings (SSSR count). The first-order valence-corrected chi connectivity index (χ1v) is 20.4. The van der Waals surface area contributed by atoms with Crippen LogP contribution in [0.3, 0.4) is 0 Å². The van der Waals surface area contributed by atoms with E-state index in [2.05, 4.69) is 153 Å². The fraction of sp³-hybridized carbons (Fsp3) is 0.333. The Morgan fingerprint density at radius 3 is 1.70 bits per heavy atom. The average Bonchev–Trinajstić information content (AvgIpc) is 3.51. The average molecular weight is 617 g/mol. The Hall–Kier alpha value is -3.13. The molecule has 4 aromatic carbocycles. The van der Waals surface area contributed by atoms with Gasteiger partial charge in [-0.15, -0.1) is 0 Å². The van der Waals surface area contributed by atoms with E-state index in [0.29, 0.717) is 17.4 Å². The quantitative estimate of drug-likeness (QED) is 0.154. The summed E-state index contributed by atoms with van der Waals surface area (Å²) in [5.41, 5.74) is 20.4. The predicted molar refractivity (Wildman–Crippen MR) is 198 cm³/mol. The number of hydrogen-bond donors (Lipinski definition) is 0. The van der Waals surface area contributed by atoms with Gasteiger partial charge in [-0.05, 0) is 113 Å². The van der Waals surface area contributed by atoms with Crippen molar-refractivity contribution in [3.8, 4) is 22.3 Å². The molecule has 0 aromatic heterocycles. The molecule has 2 aliphatic rings. The van der Waals surface area contributed by atoms with Gasteiger partial charge in [0, 0.05) is 5.54 Å². The summed E-state index contributed by atoms with van der Waals surface area (Å²) in [6.07, 6.45) is 5.84. The molecule has 0 radical (unpaired) electrons. The van der Waals surface area contributed by atoms with Crippen molar-refractivity contribution < 1.29 is 0 Å². The van der Waals surface area contributed by atoms with Gasteiger partial charge in [-0.1, -0.05) is 137 Å². The minimum absolute atomic E-state index is 0.412. The maximum absolute atomic E-state index is 6.93. The normalized spacial score (nSPS) is 15.5. The molecule has 0 fully saturated rings. The number of fused-ring (bicyclic) bond motifs is 2. The highest BCUT2D eigenvalue weighted by atomic mass is 35.6. The van der Waals surface area contributed by atoms with Gasteiger partial charge < -0.3 is 0 Å². The summed E-state index contributed by atoms with van der Waals surface area (Å²) in [5, 5.41) is 0. The Balaban J connectivity index is 0.000000177. The largest absolute Gasteiger partial charge is 0.167 e. The standard InChI is InChI=1S/C22H27ClSi.C20H22/c1-14(2)18-13-20-19(12-15(3)22(20)24(5,6)23)21(16(18)4)17-10-8-7-9-11-17;1-13(2)18-12-17-10-14(3)11-19(17)20(15(18)4)16-8-6-5-7-9-16/h7-14,22H,1-6H3;5-10,12-13H,11H2,1-4H3. The smallest absolute Gasteiger partial charge is 0.161 e. The number of allylic oxidation sites excluding steroid dienone is 2. The van der Waals surface area contributed by atoms with Crippen molar-refractivity contribution in [1.82, 2.24) is 0 Å². The lowest BCUT2D eigenvalue weighted by Gasteiger charge is -2.27. The summed E-state index contributed by atoms with van der Waals surface area (Å²) in [5.74, 6) is 1.08. The maximum atomic E-state index is 6.93. The van der Waals surface area contributed by atoms with E-state index in [0.717, 1.165) is 6.42 Å². The summed E-state index contributed by atoms with van der Waals surface area (Å²) < 4.78 is 0. The van der Waals surface area contributed by atoms with Crippen molar-refractivity contribution in [2.45, 2.75) is 92.3 Å². The van der Waals surface area contributed by atoms with Gasteiger partial charge in [-0.2, -0.15) is 11.1 Å². The molecule has 1 unspecified atom stereocenters. The first-order chi connectivity index (χ1) is 20.8. The number of hydrogen-bond acceptors (Lipinski definition) is 0. The van der Waals surface area contributed by atoms with Crippen LogP contribution in [0.4, 0.5) is 0 Å². The molecule has 4 aromatic rings. The van der Waals surface area contributed by atoms with Crippen LogP contribution in [0.5, 0.6) is 0 Å². The molecule has 0 spiro atoms. The fourth-order valence-corrected chi connectivity index (χ4v) is 10.7. The van der Waals surface area contributed by atoms with Crippen LogP contribution in [-0.2, 0) is 6.42 Å². The molecule has 44 heavy (non-hydrogen) atoms. The van der Waals surface area contributed by atoms with Gasteiger partial charge in [-0.3, -0.25) is 0 Å². The third kappa shape index (κ3) is 6.19. The van der Waals surface area contributed by atoms with E-state index in [1.54, 1.807) is 0 Å². The molecule has 228 valence electrons. The van der Waals surface area contributed by atoms with Crippen LogP contribution in [-0.4, -0.2) is 7.38 Å². The molecular weight excluding hydrogens is 568 g/mol. The van der Waals surface area contributed by atoms with Gasteiger partial charge in [0.1, 0.15) is 0 Å². The van der Waals surface area contributed by atoms with Gasteiger partial charge in [0.25, 0.3) is 0 Å². The monoisotopic (exact) mass is 616 g/mol. The third-order valence-corrected chi connectivity index (χ3v) is 12.3. The van der Waals surface area contributed by atoms with Crippen LogP contribution in [0.2, 0.25) is 13.1 Å². The van der Waals surface area contributed by atoms with E-state index in [1.807, 2.05) is 0 Å². The molecular formula is C42H49ClSi. The Labute approximate surface area is 272 Å². The summed E-state index contributed by atoms with van der Waals surface area (Å²) >= 11 is 6.93. The summed E-state index contributed by atoms with van der Waals surface area (Å²) in [6.45, 7) is 22.7. The molecule has 0 aliphatic heterocycles. The lowest BCUT2D eigenvalue weighted by molar-refractivity contribution is 0.852. The Bertz CT molecular complexity index is 1730. The number of benzene rings is 4. The zero-order chi connectivity index (χ0) is 31.9. The SMILES string of the molecule is CC1=Cc2c(cc(C(C)C)c(C)c2-c2ccccc2)C1[Si](C)(C)Cl.CC1=Cc2cc(C(C)C)c(C)c(-c3ccccc3)c2C1. The second kappa shape index (κ2) is 12.7. The van der Waals surface area contributed by atoms with Crippen molar-refractivity contribution in [2.75, 3.05) is 0 Å². The first kappa shape index (κ1) is 32.3. The molecule has 0 heterocycles. The second-order valence-electron chi connectivity index (χ2n) is 14.1. The van der Waals surface area contributed by atoms with E-state index in [9.17, 15) is 0 Å². The van der Waals surface area contributed by atoms with Crippen molar-refractivity contribution in [1.29, 1.82) is 0 Å². The molecule has 0 saturated heterocycles. The van der Waals surface area contributed by atoms with Crippen LogP contribution in [0.15, 0.2) is 83.9 Å². The van der Waals surface area contributed by atoms with Crippen molar-refractivity contribution in [3.63, 3.8) is 0 Å². The van der Waals surface area contributed by atoms with E-state index < -0.39 is 7.38 Å². The fourth-order valence-electron chi connectivity index (χ4n) is 7.67. The van der Waals surface area contributed by atoms with Crippen LogP contribution >= 0.6 is 11.1 Å². The zero-order valence-electron chi connectivity index (χ0n) is 28.4. The van der Waals surface area contributed by atoms with Crippen LogP contribution < -0.4 is 0 Å². The van der Waals surface area contributed by atoms with Crippen molar-refractivity contribution >= 4 is 30.6 Å². The van der Waals surface area contributed by atoms with Crippen molar-refractivity contribution in [3.05, 3.63) is 128 Å². The minimum atomic E-state index is -1.83. The lowest BCUT2D eigenvalue weighted by Crippen LogP contribution is -2.28. The highest BCUT2D eigenvalue weighted by molar-refractivity contribution is 7.20. The molecule has 0 nitrogen and oxygen atoms in total. The third-order valence-electron chi connectivity index (χ3n) is 9.52. The van der Waals surface area contributed by atoms with E-state index >= 15 is 0 Å². The van der Waals surface area contributed by atoms with Gasteiger partial charge >= 0.3 is 0 Å². The Morgan fingerprint density at radius 1 is 0.682 bits per heavy atom. The molecule has 0 N–H and O–H groups in total. The summed E-state index contributed by atoms with van der Waals surface area (Å²) in [6, 6.07) is 26.5. The molecule has 0 amide bonds. The van der Waals surface area contributed by atoms with Crippen molar-refractivity contribution in [2.24, 2.45) is 0 Å². The Morgan fingerprint density at radius 2 is 1.18 bits per heavy atom. The summed E-state index contributed by atoms with van der Waals surface area (Å²) in [4.78, 5) is 0. The molecule has 1 atom stereocenters. The number of rotatable bonds is 5. The zero-order valence-corrected chi connectivity index (χ0v) is 30.2. The van der Waals surface area contributed by atoms with Gasteiger partial charge in [0.15, 0.2) is 7.38 Å². The van der Waals surface area contributed by atoms with Gasteiger partial charge in [0.05, 0.1) is 0 Å². The van der Waals surface area contributed by atoms with E-state index in [-0.39, 0.29) is 0 Å². The van der Waals surface area contributed by atoms with E-state index in [4.69, 9.17) is 11.1 Å². The van der Waals surface area contributed by atoms with Crippen LogP contribution in [0, 0.1) is 13.8 Å². The molecule has 0 bridgehead atoms. The van der Waals surface area contributed by atoms with E-state index in [1.165, 1.54) is 77.9 Å². The number of halogens is 1. The molecule has 0 saturated carbocycles. The predicted octanol–water partition coefficient (Wildman–Crippen LogP) is 13.0. The first-order valence-electron chi connectivity index (χ1n) is 16.3. The van der Waals surface area contributed by atoms with Gasteiger partial charge in [0.2, 0.25) is 0 Å². The lowest BCUT2D eigenvalue weighted by atomic mass is 9.85. The highest BCUT2D eigenvalue weighted by Gasteiger charge is 2.38. The van der Waals surface area contributed by atoms with Gasteiger partial charge in [-0.25, -0.2) is 0 Å².